The van der Waals surface area contributed by atoms with Gasteiger partial charge in [0.1, 0.15) is 0 Å². The Morgan fingerprint density at radius 3 is 1.71 bits per heavy atom. The summed E-state index contributed by atoms with van der Waals surface area (Å²) in [5.41, 5.74) is 1.95. The zero-order chi connectivity index (χ0) is 15.3. The Morgan fingerprint density at radius 1 is 0.905 bits per heavy atom. The maximum Gasteiger partial charge on any atom is 0.0964 e. The van der Waals surface area contributed by atoms with Crippen molar-refractivity contribution < 1.29 is 0 Å². The van der Waals surface area contributed by atoms with Crippen LogP contribution in [0.25, 0.3) is 21.8 Å². The van der Waals surface area contributed by atoms with E-state index >= 15 is 0 Å². The van der Waals surface area contributed by atoms with Gasteiger partial charge in [0.05, 0.1) is 11.0 Å². The SMILES string of the molecule is S=C=[N][Sn]([Cl])([Cl])[Cl].c1cnc2c(c1)ccc1cccnc12. The molecule has 0 saturated carbocycles. The summed E-state index contributed by atoms with van der Waals surface area (Å²) in [7, 11) is 15.8. The van der Waals surface area contributed by atoms with Crippen molar-refractivity contribution >= 4 is 81.2 Å². The minimum atomic E-state index is -3.45. The van der Waals surface area contributed by atoms with Crippen LogP contribution in [0.3, 0.4) is 0 Å². The van der Waals surface area contributed by atoms with E-state index in [9.17, 15) is 0 Å². The smallest absolute Gasteiger partial charge is 0.0964 e. The van der Waals surface area contributed by atoms with Gasteiger partial charge in [-0.3, -0.25) is 9.97 Å². The second-order valence-electron chi connectivity index (χ2n) is 3.89. The maximum absolute atomic E-state index is 5.28. The monoisotopic (exact) mass is 463 g/mol. The predicted molar refractivity (Wildman–Crippen MR) is 95.4 cm³/mol. The molecule has 2 aromatic heterocycles. The fourth-order valence-electron chi connectivity index (χ4n) is 1.73. The molecule has 0 unspecified atom stereocenters. The van der Waals surface area contributed by atoms with E-state index in [0.29, 0.717) is 0 Å². The third-order valence-corrected chi connectivity index (χ3v) is 5.81. The summed E-state index contributed by atoms with van der Waals surface area (Å²) >= 11 is 0.734. The molecule has 0 spiro atoms. The van der Waals surface area contributed by atoms with Crippen LogP contribution in [-0.4, -0.2) is 30.4 Å². The third-order valence-electron chi connectivity index (χ3n) is 2.52. The molecule has 3 nitrogen and oxygen atoms in total. The molecule has 3 aromatic rings. The van der Waals surface area contributed by atoms with Gasteiger partial charge in [-0.15, -0.1) is 0 Å². The molecule has 106 valence electrons. The molecule has 0 fully saturated rings. The second kappa shape index (κ2) is 7.68. The first-order valence-corrected chi connectivity index (χ1v) is 18.3. The van der Waals surface area contributed by atoms with E-state index < -0.39 is 15.3 Å². The van der Waals surface area contributed by atoms with E-state index in [2.05, 4.69) is 49.7 Å². The molecule has 0 aliphatic carbocycles. The van der Waals surface area contributed by atoms with E-state index in [1.165, 1.54) is 0 Å². The Balaban J connectivity index is 0.000000199. The van der Waals surface area contributed by atoms with Gasteiger partial charge in [-0.25, -0.2) is 0 Å². The van der Waals surface area contributed by atoms with Crippen LogP contribution in [0.4, 0.5) is 0 Å². The average Bonchev–Trinajstić information content (AvgIpc) is 2.46. The number of fused-ring (bicyclic) bond motifs is 3. The number of halogens is 3. The Labute approximate surface area is 142 Å². The van der Waals surface area contributed by atoms with Crippen molar-refractivity contribution in [2.75, 3.05) is 0 Å². The van der Waals surface area contributed by atoms with Gasteiger partial charge in [-0.05, 0) is 12.1 Å². The van der Waals surface area contributed by atoms with E-state index in [-0.39, 0.29) is 0 Å². The Kier molecular flexibility index (Phi) is 6.17. The molecule has 0 bridgehead atoms. The summed E-state index contributed by atoms with van der Waals surface area (Å²) in [6, 6.07) is 12.1. The van der Waals surface area contributed by atoms with E-state index in [4.69, 9.17) is 26.8 Å². The summed E-state index contributed by atoms with van der Waals surface area (Å²) in [5, 5.41) is 4.29. The number of benzene rings is 1. The van der Waals surface area contributed by atoms with Crippen molar-refractivity contribution in [3.8, 4) is 0 Å². The van der Waals surface area contributed by atoms with Crippen LogP contribution < -0.4 is 0 Å². The molecule has 0 amide bonds. The van der Waals surface area contributed by atoms with Crippen molar-refractivity contribution in [1.29, 1.82) is 0 Å². The molecule has 2 heterocycles. The summed E-state index contributed by atoms with van der Waals surface area (Å²) in [6.07, 6.45) is 3.60. The second-order valence-corrected chi connectivity index (χ2v) is 22.3. The molecular weight excluding hydrogens is 455 g/mol. The van der Waals surface area contributed by atoms with Crippen molar-refractivity contribution in [3.63, 3.8) is 0 Å². The first kappa shape index (κ1) is 16.9. The molecule has 0 N–H and O–H groups in total. The normalized spacial score (nSPS) is 10.6. The molecule has 0 radical (unpaired) electrons. The van der Waals surface area contributed by atoms with Gasteiger partial charge in [-0.2, -0.15) is 0 Å². The predicted octanol–water partition coefficient (Wildman–Crippen LogP) is 5.02. The molecule has 21 heavy (non-hydrogen) atoms. The van der Waals surface area contributed by atoms with Gasteiger partial charge in [-0.1, -0.05) is 24.3 Å². The molecule has 0 saturated heterocycles. The number of thiocarbonyl (C=S) groups is 1. The van der Waals surface area contributed by atoms with Crippen molar-refractivity contribution in [2.45, 2.75) is 0 Å². The molecule has 8 heteroatoms. The number of nitrogens with zero attached hydrogens (tertiary/aromatic N) is 3. The minimum Gasteiger partial charge on any atom is -0.254 e. The summed E-state index contributed by atoms with van der Waals surface area (Å²) in [6.45, 7) is 0. The zero-order valence-electron chi connectivity index (χ0n) is 10.5. The number of hydrogen-bond acceptors (Lipinski definition) is 4. The van der Waals surface area contributed by atoms with Gasteiger partial charge in [0.25, 0.3) is 0 Å². The fraction of sp³-hybridized carbons (Fsp3) is 0. The van der Waals surface area contributed by atoms with Crippen LogP contribution in [0.5, 0.6) is 0 Å². The molecule has 0 atom stereocenters. The van der Waals surface area contributed by atoms with Gasteiger partial charge in [0.15, 0.2) is 0 Å². The molecule has 0 aliphatic rings. The first-order valence-electron chi connectivity index (χ1n) is 5.75. The number of aromatic nitrogens is 2. The van der Waals surface area contributed by atoms with Gasteiger partial charge >= 0.3 is 62.6 Å². The molecule has 3 rings (SSSR count). The third kappa shape index (κ3) is 5.02. The first-order chi connectivity index (χ1) is 10.0. The quantitative estimate of drug-likeness (QED) is 0.220. The van der Waals surface area contributed by atoms with Crippen LogP contribution in [0.1, 0.15) is 0 Å². The Bertz CT molecular complexity index is 761. The van der Waals surface area contributed by atoms with Crippen LogP contribution >= 0.6 is 39.0 Å². The molecule has 1 aromatic carbocycles. The molecular formula is C13H8Cl3N3SSn. The van der Waals surface area contributed by atoms with E-state index in [0.717, 1.165) is 21.8 Å². The largest absolute Gasteiger partial charge is 0.254 e. The number of pyridine rings is 2. The van der Waals surface area contributed by atoms with Crippen molar-refractivity contribution in [1.82, 2.24) is 9.97 Å². The maximum atomic E-state index is 5.28. The fourth-order valence-corrected chi connectivity index (χ4v) is 4.80. The Morgan fingerprint density at radius 2 is 1.38 bits per heavy atom. The summed E-state index contributed by atoms with van der Waals surface area (Å²) < 4.78 is 3.33. The number of isothiocyanates is 1. The van der Waals surface area contributed by atoms with E-state index in [1.54, 1.807) is 12.4 Å². The number of hydrogen-bond donors (Lipinski definition) is 0. The molecule has 0 aliphatic heterocycles. The van der Waals surface area contributed by atoms with Gasteiger partial charge < -0.3 is 0 Å². The van der Waals surface area contributed by atoms with Crippen LogP contribution in [0, 0.1) is 0 Å². The topological polar surface area (TPSA) is 38.1 Å². The minimum absolute atomic E-state index is 0.977. The van der Waals surface area contributed by atoms with Gasteiger partial charge in [0.2, 0.25) is 0 Å². The average molecular weight is 463 g/mol. The zero-order valence-corrected chi connectivity index (χ0v) is 16.4. The van der Waals surface area contributed by atoms with Crippen LogP contribution in [0.2, 0.25) is 0 Å². The van der Waals surface area contributed by atoms with Crippen molar-refractivity contribution in [3.05, 3.63) is 48.8 Å². The Hall–Kier alpha value is -0.491. The van der Waals surface area contributed by atoms with Crippen LogP contribution in [-0.2, 0) is 0 Å². The summed E-state index contributed by atoms with van der Waals surface area (Å²) in [4.78, 5) is 8.69. The summed E-state index contributed by atoms with van der Waals surface area (Å²) in [5.74, 6) is 0. The number of rotatable bonds is 1. The van der Waals surface area contributed by atoms with E-state index in [1.807, 2.05) is 17.3 Å². The van der Waals surface area contributed by atoms with Crippen LogP contribution in [0.15, 0.2) is 52.0 Å². The van der Waals surface area contributed by atoms with Gasteiger partial charge in [0, 0.05) is 23.2 Å². The van der Waals surface area contributed by atoms with Crippen molar-refractivity contribution in [2.24, 2.45) is 3.21 Å². The standard InChI is InChI=1S/C12H8N2.CNS.3ClH.Sn/c1-3-9-5-6-10-4-2-8-14-12(10)11(9)13-7-1;2-1-3;;;;/h1-8H;;3*1H;/q;-1;;;;+4/p-3.